The van der Waals surface area contributed by atoms with Gasteiger partial charge in [0.15, 0.2) is 0 Å². The number of carbonyl (C=O) groups is 1. The number of amides is 1. The summed E-state index contributed by atoms with van der Waals surface area (Å²) in [6, 6.07) is 17.2. The predicted molar refractivity (Wildman–Crippen MR) is 112 cm³/mol. The van der Waals surface area contributed by atoms with E-state index in [9.17, 15) is 18.5 Å². The van der Waals surface area contributed by atoms with Crippen LogP contribution in [0.25, 0.3) is 0 Å². The number of carbonyl (C=O) groups excluding carboxylic acids is 1. The molecule has 8 nitrogen and oxygen atoms in total. The van der Waals surface area contributed by atoms with Gasteiger partial charge >= 0.3 is 0 Å². The topological polar surface area (TPSA) is 114 Å². The second kappa shape index (κ2) is 9.54. The molecule has 9 heteroatoms. The van der Waals surface area contributed by atoms with Gasteiger partial charge in [0, 0.05) is 44.6 Å². The van der Waals surface area contributed by atoms with Crippen molar-refractivity contribution in [2.75, 3.05) is 31.5 Å². The Hall–Kier alpha value is -3.19. The summed E-state index contributed by atoms with van der Waals surface area (Å²) in [4.78, 5) is 16.4. The van der Waals surface area contributed by atoms with Crippen molar-refractivity contribution in [1.29, 1.82) is 5.26 Å². The molecule has 2 aromatic carbocycles. The van der Waals surface area contributed by atoms with Gasteiger partial charge in [-0.2, -0.15) is 13.7 Å². The first-order valence-corrected chi connectivity index (χ1v) is 10.8. The number of piperazine rings is 1. The number of nitriles is 1. The highest BCUT2D eigenvalue weighted by Gasteiger charge is 2.18. The minimum Gasteiger partial charge on any atom is -0.374 e. The number of hydrogen-bond donors (Lipinski definition) is 2. The summed E-state index contributed by atoms with van der Waals surface area (Å²) >= 11 is 0. The minimum absolute atomic E-state index is 0.0367. The van der Waals surface area contributed by atoms with Crippen molar-refractivity contribution in [3.8, 4) is 6.07 Å². The second-order valence-corrected chi connectivity index (χ2v) is 8.33. The van der Waals surface area contributed by atoms with Crippen molar-refractivity contribution < 1.29 is 17.8 Å². The number of nitrogens with one attached hydrogen (secondary N) is 1. The van der Waals surface area contributed by atoms with Crippen molar-refractivity contribution in [2.45, 2.75) is 11.4 Å². The highest BCUT2D eigenvalue weighted by Crippen LogP contribution is 2.15. The molecule has 0 atom stereocenters. The van der Waals surface area contributed by atoms with E-state index in [1.807, 2.05) is 29.2 Å². The number of rotatable bonds is 6. The van der Waals surface area contributed by atoms with Crippen molar-refractivity contribution in [2.24, 2.45) is 0 Å². The van der Waals surface area contributed by atoms with Gasteiger partial charge in [0.1, 0.15) is 11.6 Å². The number of hydrogen-bond acceptors (Lipinski definition) is 6. The molecule has 1 aliphatic rings. The van der Waals surface area contributed by atoms with Gasteiger partial charge in [-0.05, 0) is 29.8 Å². The van der Waals surface area contributed by atoms with Crippen LogP contribution in [-0.2, 0) is 21.5 Å². The molecule has 1 heterocycles. The summed E-state index contributed by atoms with van der Waals surface area (Å²) in [6.45, 7) is 3.91. The van der Waals surface area contributed by atoms with Crippen LogP contribution in [-0.4, -0.2) is 54.9 Å². The van der Waals surface area contributed by atoms with Crippen LogP contribution >= 0.6 is 0 Å². The Morgan fingerprint density at radius 3 is 2.27 bits per heavy atom. The first-order chi connectivity index (χ1) is 14.3. The van der Waals surface area contributed by atoms with Crippen LogP contribution in [0.2, 0.25) is 0 Å². The van der Waals surface area contributed by atoms with Gasteiger partial charge in [-0.1, -0.05) is 30.3 Å². The molecule has 3 rings (SSSR count). The lowest BCUT2D eigenvalue weighted by Crippen LogP contribution is -2.43. The largest absolute Gasteiger partial charge is 0.374 e. The molecule has 156 valence electrons. The molecular formula is C21H22N4O4S. The Bertz CT molecular complexity index is 1050. The van der Waals surface area contributed by atoms with Crippen LogP contribution in [0.15, 0.2) is 71.3 Å². The maximum Gasteiger partial charge on any atom is 0.294 e. The molecule has 0 radical (unpaired) electrons. The van der Waals surface area contributed by atoms with Crippen LogP contribution in [0.4, 0.5) is 5.69 Å². The molecule has 2 N–H and O–H groups in total. The molecule has 1 fully saturated rings. The van der Waals surface area contributed by atoms with Crippen LogP contribution in [0, 0.1) is 11.3 Å². The normalized spacial score (nSPS) is 15.5. The minimum atomic E-state index is -4.30. The molecule has 2 aromatic rings. The van der Waals surface area contributed by atoms with E-state index in [0.29, 0.717) is 18.8 Å². The monoisotopic (exact) mass is 426 g/mol. The molecule has 1 saturated heterocycles. The van der Waals surface area contributed by atoms with E-state index in [4.69, 9.17) is 4.55 Å². The molecule has 1 amide bonds. The van der Waals surface area contributed by atoms with E-state index >= 15 is 0 Å². The molecule has 0 spiro atoms. The zero-order chi connectivity index (χ0) is 21.6. The SMILES string of the molecule is N#C/C(=C/N1CCN(Cc2ccccc2)CC1)C(=O)Nc1ccc(S(=O)(=O)O)cc1. The van der Waals surface area contributed by atoms with Crippen LogP contribution in [0.3, 0.4) is 0 Å². The van der Waals surface area contributed by atoms with Gasteiger partial charge in [-0.15, -0.1) is 0 Å². The molecule has 1 aliphatic heterocycles. The first kappa shape index (κ1) is 21.5. The quantitative estimate of drug-likeness (QED) is 0.413. The molecule has 0 unspecified atom stereocenters. The van der Waals surface area contributed by atoms with Gasteiger partial charge in [0.25, 0.3) is 16.0 Å². The Balaban J connectivity index is 1.56. The Labute approximate surface area is 175 Å². The van der Waals surface area contributed by atoms with Crippen molar-refractivity contribution >= 4 is 21.7 Å². The maximum absolute atomic E-state index is 12.4. The summed E-state index contributed by atoms with van der Waals surface area (Å²) in [6.07, 6.45) is 1.56. The number of anilines is 1. The van der Waals surface area contributed by atoms with Gasteiger partial charge < -0.3 is 10.2 Å². The molecule has 0 saturated carbocycles. The van der Waals surface area contributed by atoms with Crippen molar-refractivity contribution in [1.82, 2.24) is 9.80 Å². The van der Waals surface area contributed by atoms with Gasteiger partial charge in [0.05, 0.1) is 4.90 Å². The highest BCUT2D eigenvalue weighted by molar-refractivity contribution is 7.85. The zero-order valence-electron chi connectivity index (χ0n) is 16.2. The lowest BCUT2D eigenvalue weighted by atomic mass is 10.2. The molecule has 0 aliphatic carbocycles. The van der Waals surface area contributed by atoms with Gasteiger partial charge in [-0.25, -0.2) is 0 Å². The standard InChI is InChI=1S/C21H22N4O4S/c22-14-18(21(26)23-19-6-8-20(9-7-19)30(27,28)29)16-25-12-10-24(11-13-25)15-17-4-2-1-3-5-17/h1-9,16H,10-13,15H2,(H,23,26)(H,27,28,29)/b18-16-. The summed E-state index contributed by atoms with van der Waals surface area (Å²) in [5.74, 6) is -0.580. The first-order valence-electron chi connectivity index (χ1n) is 9.36. The fourth-order valence-corrected chi connectivity index (χ4v) is 3.60. The van der Waals surface area contributed by atoms with E-state index in [1.54, 1.807) is 6.20 Å². The van der Waals surface area contributed by atoms with E-state index in [0.717, 1.165) is 19.6 Å². The Morgan fingerprint density at radius 1 is 1.07 bits per heavy atom. The third kappa shape index (κ3) is 5.90. The fourth-order valence-electron chi connectivity index (χ4n) is 3.12. The summed E-state index contributed by atoms with van der Waals surface area (Å²) in [5.41, 5.74) is 1.53. The van der Waals surface area contributed by atoms with Crippen molar-refractivity contribution in [3.63, 3.8) is 0 Å². The summed E-state index contributed by atoms with van der Waals surface area (Å²) in [7, 11) is -4.30. The van der Waals surface area contributed by atoms with Gasteiger partial charge in [0.2, 0.25) is 0 Å². The summed E-state index contributed by atoms with van der Waals surface area (Å²) in [5, 5.41) is 11.9. The zero-order valence-corrected chi connectivity index (χ0v) is 17.0. The molecule has 0 bridgehead atoms. The van der Waals surface area contributed by atoms with E-state index < -0.39 is 16.0 Å². The van der Waals surface area contributed by atoms with E-state index in [1.165, 1.54) is 29.8 Å². The Kier molecular flexibility index (Phi) is 6.84. The second-order valence-electron chi connectivity index (χ2n) is 6.91. The maximum atomic E-state index is 12.4. The number of benzene rings is 2. The van der Waals surface area contributed by atoms with E-state index in [-0.39, 0.29) is 10.5 Å². The average molecular weight is 426 g/mol. The molecular weight excluding hydrogens is 404 g/mol. The predicted octanol–water partition coefficient (Wildman–Crippen LogP) is 2.10. The summed E-state index contributed by atoms with van der Waals surface area (Å²) < 4.78 is 31.1. The highest BCUT2D eigenvalue weighted by atomic mass is 32.2. The van der Waals surface area contributed by atoms with E-state index in [2.05, 4.69) is 22.3 Å². The fraction of sp³-hybridized carbons (Fsp3) is 0.238. The van der Waals surface area contributed by atoms with Crippen molar-refractivity contribution in [3.05, 3.63) is 71.9 Å². The Morgan fingerprint density at radius 2 is 1.70 bits per heavy atom. The third-order valence-corrected chi connectivity index (χ3v) is 5.61. The molecule has 0 aromatic heterocycles. The average Bonchev–Trinajstić information content (AvgIpc) is 2.73. The van der Waals surface area contributed by atoms with Gasteiger partial charge in [-0.3, -0.25) is 14.2 Å². The lowest BCUT2D eigenvalue weighted by molar-refractivity contribution is -0.112. The third-order valence-electron chi connectivity index (χ3n) is 4.74. The van der Waals surface area contributed by atoms with Crippen LogP contribution in [0.5, 0.6) is 0 Å². The smallest absolute Gasteiger partial charge is 0.294 e. The molecule has 30 heavy (non-hydrogen) atoms. The van der Waals surface area contributed by atoms with Crippen LogP contribution in [0.1, 0.15) is 5.56 Å². The lowest BCUT2D eigenvalue weighted by Gasteiger charge is -2.34. The number of nitrogens with zero attached hydrogens (tertiary/aromatic N) is 3. The van der Waals surface area contributed by atoms with Crippen LogP contribution < -0.4 is 5.32 Å².